The van der Waals surface area contributed by atoms with Crippen LogP contribution in [-0.2, 0) is 4.79 Å². The fraction of sp³-hybridized carbons (Fsp3) is 0.316. The fourth-order valence-electron chi connectivity index (χ4n) is 2.38. The largest absolute Gasteiger partial charge is 0.491 e. The van der Waals surface area contributed by atoms with Crippen molar-refractivity contribution in [3.05, 3.63) is 54.1 Å². The fourth-order valence-corrected chi connectivity index (χ4v) is 2.38. The first-order chi connectivity index (χ1) is 11.6. The summed E-state index contributed by atoms with van der Waals surface area (Å²) in [4.78, 5) is 12.3. The Hall–Kier alpha value is -2.69. The number of amides is 1. The zero-order chi connectivity index (χ0) is 16.9. The van der Waals surface area contributed by atoms with Gasteiger partial charge in [0, 0.05) is 0 Å². The predicted octanol–water partition coefficient (Wildman–Crippen LogP) is 2.72. The van der Waals surface area contributed by atoms with Crippen molar-refractivity contribution in [3.8, 4) is 17.2 Å². The Morgan fingerprint density at radius 2 is 1.92 bits per heavy atom. The van der Waals surface area contributed by atoms with Crippen LogP contribution in [0.1, 0.15) is 12.5 Å². The van der Waals surface area contributed by atoms with E-state index < -0.39 is 6.10 Å². The Morgan fingerprint density at radius 3 is 2.67 bits per heavy atom. The number of carbonyl (C=O) groups excluding carboxylic acids is 1. The lowest BCUT2D eigenvalue weighted by Crippen LogP contribution is -2.48. The van der Waals surface area contributed by atoms with Crippen LogP contribution in [0.4, 0.5) is 0 Å². The molecule has 3 rings (SSSR count). The van der Waals surface area contributed by atoms with Crippen molar-refractivity contribution in [2.24, 2.45) is 0 Å². The highest BCUT2D eigenvalue weighted by Gasteiger charge is 2.28. The third-order valence-electron chi connectivity index (χ3n) is 3.71. The van der Waals surface area contributed by atoms with Gasteiger partial charge in [-0.1, -0.05) is 29.8 Å². The second kappa shape index (κ2) is 7.25. The maximum absolute atomic E-state index is 12.3. The number of fused-ring (bicyclic) bond motifs is 1. The molecule has 1 heterocycles. The number of para-hydroxylation sites is 2. The molecule has 2 aromatic rings. The Kier molecular flexibility index (Phi) is 4.89. The van der Waals surface area contributed by atoms with E-state index >= 15 is 0 Å². The molecule has 5 nitrogen and oxygen atoms in total. The summed E-state index contributed by atoms with van der Waals surface area (Å²) >= 11 is 0. The van der Waals surface area contributed by atoms with Crippen LogP contribution in [0.25, 0.3) is 0 Å². The monoisotopic (exact) mass is 327 g/mol. The highest BCUT2D eigenvalue weighted by molar-refractivity contribution is 5.82. The van der Waals surface area contributed by atoms with Gasteiger partial charge in [-0.05, 0) is 38.1 Å². The van der Waals surface area contributed by atoms with E-state index in [0.717, 1.165) is 5.75 Å². The van der Waals surface area contributed by atoms with Gasteiger partial charge in [-0.15, -0.1) is 0 Å². The third-order valence-corrected chi connectivity index (χ3v) is 3.71. The first-order valence-corrected chi connectivity index (χ1v) is 8.00. The van der Waals surface area contributed by atoms with Crippen LogP contribution in [0.2, 0.25) is 0 Å². The molecule has 24 heavy (non-hydrogen) atoms. The zero-order valence-electron chi connectivity index (χ0n) is 13.8. The van der Waals surface area contributed by atoms with Gasteiger partial charge in [-0.25, -0.2) is 0 Å². The topological polar surface area (TPSA) is 56.8 Å². The molecule has 0 unspecified atom stereocenters. The molecule has 0 saturated heterocycles. The summed E-state index contributed by atoms with van der Waals surface area (Å²) in [6.07, 6.45) is -0.651. The molecule has 1 aliphatic rings. The van der Waals surface area contributed by atoms with Crippen LogP contribution in [0, 0.1) is 6.92 Å². The number of benzene rings is 2. The normalized spacial score (nSPS) is 17.0. The van der Waals surface area contributed by atoms with Gasteiger partial charge in [0.15, 0.2) is 11.5 Å². The average molecular weight is 327 g/mol. The Labute approximate surface area is 141 Å². The SMILES string of the molecule is Cc1ccc(OC[C@H](C)NC(=O)[C@@H]2COc3ccccc3O2)cc1. The molecule has 0 aliphatic carbocycles. The van der Waals surface area contributed by atoms with Gasteiger partial charge >= 0.3 is 0 Å². The second-order valence-electron chi connectivity index (χ2n) is 5.90. The van der Waals surface area contributed by atoms with Gasteiger partial charge in [0.25, 0.3) is 5.91 Å². The molecule has 0 aromatic heterocycles. The van der Waals surface area contributed by atoms with Crippen molar-refractivity contribution in [2.75, 3.05) is 13.2 Å². The molecular weight excluding hydrogens is 306 g/mol. The molecule has 5 heteroatoms. The molecule has 1 N–H and O–H groups in total. The minimum atomic E-state index is -0.651. The zero-order valence-corrected chi connectivity index (χ0v) is 13.8. The molecule has 1 aliphatic heterocycles. The van der Waals surface area contributed by atoms with Gasteiger partial charge in [0.2, 0.25) is 6.10 Å². The van der Waals surface area contributed by atoms with E-state index in [2.05, 4.69) is 5.32 Å². The van der Waals surface area contributed by atoms with E-state index in [9.17, 15) is 4.79 Å². The summed E-state index contributed by atoms with van der Waals surface area (Å²) < 4.78 is 16.9. The first kappa shape index (κ1) is 16.2. The average Bonchev–Trinajstić information content (AvgIpc) is 2.61. The lowest BCUT2D eigenvalue weighted by Gasteiger charge is -2.26. The minimum absolute atomic E-state index is 0.139. The summed E-state index contributed by atoms with van der Waals surface area (Å²) in [5, 5.41) is 2.89. The van der Waals surface area contributed by atoms with Crippen LogP contribution < -0.4 is 19.5 Å². The lowest BCUT2D eigenvalue weighted by atomic mass is 10.2. The van der Waals surface area contributed by atoms with Crippen molar-refractivity contribution in [1.29, 1.82) is 0 Å². The number of hydrogen-bond acceptors (Lipinski definition) is 4. The second-order valence-corrected chi connectivity index (χ2v) is 5.90. The Morgan fingerprint density at radius 1 is 1.21 bits per heavy atom. The molecule has 2 aromatic carbocycles. The van der Waals surface area contributed by atoms with E-state index in [-0.39, 0.29) is 18.6 Å². The van der Waals surface area contributed by atoms with Gasteiger partial charge in [-0.2, -0.15) is 0 Å². The highest BCUT2D eigenvalue weighted by Crippen LogP contribution is 2.30. The Balaban J connectivity index is 1.49. The summed E-state index contributed by atoms with van der Waals surface area (Å²) in [7, 11) is 0. The van der Waals surface area contributed by atoms with Crippen LogP contribution in [0.15, 0.2) is 48.5 Å². The molecule has 0 spiro atoms. The van der Waals surface area contributed by atoms with Crippen LogP contribution in [-0.4, -0.2) is 31.3 Å². The summed E-state index contributed by atoms with van der Waals surface area (Å²) in [5.41, 5.74) is 1.18. The number of aryl methyl sites for hydroxylation is 1. The van der Waals surface area contributed by atoms with Crippen LogP contribution in [0.5, 0.6) is 17.2 Å². The summed E-state index contributed by atoms with van der Waals surface area (Å²) in [6, 6.07) is 15.0. The predicted molar refractivity (Wildman–Crippen MR) is 90.6 cm³/mol. The molecule has 0 saturated carbocycles. The van der Waals surface area contributed by atoms with E-state index in [4.69, 9.17) is 14.2 Å². The maximum Gasteiger partial charge on any atom is 0.265 e. The highest BCUT2D eigenvalue weighted by atomic mass is 16.6. The van der Waals surface area contributed by atoms with Gasteiger partial charge < -0.3 is 19.5 Å². The van der Waals surface area contributed by atoms with E-state index in [1.165, 1.54) is 5.56 Å². The van der Waals surface area contributed by atoms with Crippen LogP contribution in [0.3, 0.4) is 0 Å². The summed E-state index contributed by atoms with van der Waals surface area (Å²) in [6.45, 7) is 4.51. The number of carbonyl (C=O) groups is 1. The third kappa shape index (κ3) is 3.98. The number of rotatable bonds is 5. The lowest BCUT2D eigenvalue weighted by molar-refractivity contribution is -0.131. The van der Waals surface area contributed by atoms with Crippen molar-refractivity contribution >= 4 is 5.91 Å². The number of hydrogen-bond donors (Lipinski definition) is 1. The van der Waals surface area contributed by atoms with E-state index in [1.54, 1.807) is 6.07 Å². The Bertz CT molecular complexity index is 699. The summed E-state index contributed by atoms with van der Waals surface area (Å²) in [5.74, 6) is 1.84. The first-order valence-electron chi connectivity index (χ1n) is 8.00. The molecule has 1 amide bonds. The van der Waals surface area contributed by atoms with E-state index in [0.29, 0.717) is 18.1 Å². The van der Waals surface area contributed by atoms with Crippen LogP contribution >= 0.6 is 0 Å². The quantitative estimate of drug-likeness (QED) is 0.917. The van der Waals surface area contributed by atoms with Crippen molar-refractivity contribution in [3.63, 3.8) is 0 Å². The smallest absolute Gasteiger partial charge is 0.265 e. The molecule has 2 atom stereocenters. The molecule has 0 radical (unpaired) electrons. The van der Waals surface area contributed by atoms with Gasteiger partial charge in [-0.3, -0.25) is 4.79 Å². The molecule has 0 bridgehead atoms. The van der Waals surface area contributed by atoms with Gasteiger partial charge in [0.05, 0.1) is 6.04 Å². The molecule has 126 valence electrons. The van der Waals surface area contributed by atoms with Crippen molar-refractivity contribution in [1.82, 2.24) is 5.32 Å². The molecule has 0 fully saturated rings. The van der Waals surface area contributed by atoms with E-state index in [1.807, 2.05) is 56.3 Å². The number of ether oxygens (including phenoxy) is 3. The van der Waals surface area contributed by atoms with Crippen molar-refractivity contribution < 1.29 is 19.0 Å². The molecular formula is C19H21NO4. The minimum Gasteiger partial charge on any atom is -0.491 e. The van der Waals surface area contributed by atoms with Crippen molar-refractivity contribution in [2.45, 2.75) is 26.0 Å². The number of nitrogens with one attached hydrogen (secondary N) is 1. The maximum atomic E-state index is 12.3. The standard InChI is InChI=1S/C19H21NO4/c1-13-7-9-15(10-8-13)22-11-14(2)20-19(21)18-12-23-16-5-3-4-6-17(16)24-18/h3-10,14,18H,11-12H2,1-2H3,(H,20,21)/t14-,18-/m0/s1. The van der Waals surface area contributed by atoms with Gasteiger partial charge in [0.1, 0.15) is 19.0 Å².